The Kier molecular flexibility index (Phi) is 6.43. The van der Waals surface area contributed by atoms with Gasteiger partial charge in [0.05, 0.1) is 17.1 Å². The van der Waals surface area contributed by atoms with Gasteiger partial charge in [0.25, 0.3) is 0 Å². The van der Waals surface area contributed by atoms with Gasteiger partial charge in [-0.1, -0.05) is 35.9 Å². The Labute approximate surface area is 182 Å². The van der Waals surface area contributed by atoms with E-state index in [1.165, 1.54) is 5.56 Å². The van der Waals surface area contributed by atoms with Crippen LogP contribution >= 0.6 is 0 Å². The number of nitrogens with zero attached hydrogens (tertiary/aromatic N) is 3. The van der Waals surface area contributed by atoms with Gasteiger partial charge < -0.3 is 9.47 Å². The summed E-state index contributed by atoms with van der Waals surface area (Å²) in [5.41, 5.74) is 5.06. The fourth-order valence-electron chi connectivity index (χ4n) is 3.07. The molecule has 4 rings (SSSR count). The largest absolute Gasteiger partial charge is 0.490 e. The van der Waals surface area contributed by atoms with Crippen molar-refractivity contribution in [3.8, 4) is 17.3 Å². The predicted molar refractivity (Wildman–Crippen MR) is 124 cm³/mol. The van der Waals surface area contributed by atoms with Crippen molar-refractivity contribution in [2.45, 2.75) is 13.8 Å². The van der Waals surface area contributed by atoms with Gasteiger partial charge in [0.2, 0.25) is 5.88 Å². The van der Waals surface area contributed by atoms with Crippen LogP contribution in [0.2, 0.25) is 0 Å². The standard InChI is InChI=1S/C26H25N3O2/c1-20-8-12-23(13-9-20)27-19-22-10-14-25(15-11-22)30-16-17-31-26-18-21(2)28-29(26)24-6-4-3-5-7-24/h3-15,18-19H,16-17H2,1-2H3. The highest BCUT2D eigenvalue weighted by atomic mass is 16.5. The average Bonchev–Trinajstić information content (AvgIpc) is 3.18. The van der Waals surface area contributed by atoms with Crippen LogP contribution in [0.1, 0.15) is 16.8 Å². The molecule has 0 bridgehead atoms. The highest BCUT2D eigenvalue weighted by molar-refractivity contribution is 5.82. The van der Waals surface area contributed by atoms with E-state index >= 15 is 0 Å². The third-order valence-electron chi connectivity index (χ3n) is 4.68. The van der Waals surface area contributed by atoms with Crippen LogP contribution in [0.3, 0.4) is 0 Å². The maximum atomic E-state index is 5.91. The number of aryl methyl sites for hydroxylation is 2. The number of aliphatic imine (C=N–C) groups is 1. The number of rotatable bonds is 8. The summed E-state index contributed by atoms with van der Waals surface area (Å²) in [6.07, 6.45) is 1.85. The fraction of sp³-hybridized carbons (Fsp3) is 0.154. The van der Waals surface area contributed by atoms with Crippen molar-refractivity contribution in [2.75, 3.05) is 13.2 Å². The molecule has 0 saturated carbocycles. The lowest BCUT2D eigenvalue weighted by Crippen LogP contribution is -2.11. The quantitative estimate of drug-likeness (QED) is 0.276. The maximum absolute atomic E-state index is 5.91. The number of benzene rings is 3. The Hall–Kier alpha value is -3.86. The zero-order valence-corrected chi connectivity index (χ0v) is 17.7. The summed E-state index contributed by atoms with van der Waals surface area (Å²) in [5.74, 6) is 1.50. The highest BCUT2D eigenvalue weighted by Crippen LogP contribution is 2.19. The first-order chi connectivity index (χ1) is 15.2. The number of para-hydroxylation sites is 1. The van der Waals surface area contributed by atoms with Gasteiger partial charge in [-0.25, -0.2) is 4.68 Å². The van der Waals surface area contributed by atoms with Gasteiger partial charge in [-0.3, -0.25) is 4.99 Å². The molecule has 0 atom stereocenters. The van der Waals surface area contributed by atoms with Crippen molar-refractivity contribution in [2.24, 2.45) is 4.99 Å². The minimum Gasteiger partial charge on any atom is -0.490 e. The molecule has 5 heteroatoms. The first kappa shape index (κ1) is 20.4. The topological polar surface area (TPSA) is 48.6 Å². The smallest absolute Gasteiger partial charge is 0.216 e. The number of ether oxygens (including phenoxy) is 2. The van der Waals surface area contributed by atoms with Gasteiger partial charge in [0.15, 0.2) is 0 Å². The van der Waals surface area contributed by atoms with Crippen LogP contribution in [-0.4, -0.2) is 29.2 Å². The fourth-order valence-corrected chi connectivity index (χ4v) is 3.07. The van der Waals surface area contributed by atoms with E-state index in [2.05, 4.69) is 29.1 Å². The van der Waals surface area contributed by atoms with Crippen LogP contribution < -0.4 is 9.47 Å². The summed E-state index contributed by atoms with van der Waals surface area (Å²) in [4.78, 5) is 4.50. The minimum atomic E-state index is 0.425. The maximum Gasteiger partial charge on any atom is 0.216 e. The van der Waals surface area contributed by atoms with Crippen molar-refractivity contribution in [3.63, 3.8) is 0 Å². The minimum absolute atomic E-state index is 0.425. The van der Waals surface area contributed by atoms with E-state index in [0.717, 1.165) is 28.4 Å². The second kappa shape index (κ2) is 9.76. The first-order valence-electron chi connectivity index (χ1n) is 10.3. The Morgan fingerprint density at radius 2 is 1.55 bits per heavy atom. The van der Waals surface area contributed by atoms with E-state index < -0.39 is 0 Å². The number of hydrogen-bond acceptors (Lipinski definition) is 4. The van der Waals surface area contributed by atoms with Gasteiger partial charge in [-0.15, -0.1) is 0 Å². The zero-order chi connectivity index (χ0) is 21.5. The Morgan fingerprint density at radius 3 is 2.29 bits per heavy atom. The molecule has 1 aromatic heterocycles. The Balaban J connectivity index is 1.28. The summed E-state index contributed by atoms with van der Waals surface area (Å²) < 4.78 is 13.5. The van der Waals surface area contributed by atoms with Gasteiger partial charge >= 0.3 is 0 Å². The molecule has 0 N–H and O–H groups in total. The molecule has 0 unspecified atom stereocenters. The molecular weight excluding hydrogens is 386 g/mol. The van der Waals surface area contributed by atoms with Crippen LogP contribution in [-0.2, 0) is 0 Å². The normalized spacial score (nSPS) is 11.0. The molecule has 0 radical (unpaired) electrons. The second-order valence-corrected chi connectivity index (χ2v) is 7.23. The van der Waals surface area contributed by atoms with Crippen molar-refractivity contribution < 1.29 is 9.47 Å². The van der Waals surface area contributed by atoms with Crippen LogP contribution in [0.25, 0.3) is 5.69 Å². The molecule has 0 saturated heterocycles. The second-order valence-electron chi connectivity index (χ2n) is 7.23. The summed E-state index contributed by atoms with van der Waals surface area (Å²) in [6.45, 7) is 4.88. The molecule has 5 nitrogen and oxygen atoms in total. The number of aromatic nitrogens is 2. The van der Waals surface area contributed by atoms with E-state index in [1.54, 1.807) is 4.68 Å². The van der Waals surface area contributed by atoms with E-state index in [1.807, 2.05) is 85.9 Å². The van der Waals surface area contributed by atoms with Gasteiger partial charge in [0.1, 0.15) is 19.0 Å². The van der Waals surface area contributed by atoms with E-state index in [-0.39, 0.29) is 0 Å². The summed E-state index contributed by atoms with van der Waals surface area (Å²) in [6, 6.07) is 27.8. The van der Waals surface area contributed by atoms with Gasteiger partial charge in [-0.05, 0) is 67.9 Å². The summed E-state index contributed by atoms with van der Waals surface area (Å²) >= 11 is 0. The highest BCUT2D eigenvalue weighted by Gasteiger charge is 2.08. The average molecular weight is 412 g/mol. The molecule has 0 fully saturated rings. The van der Waals surface area contributed by atoms with Crippen molar-refractivity contribution in [3.05, 3.63) is 102 Å². The summed E-state index contributed by atoms with van der Waals surface area (Å²) in [7, 11) is 0. The predicted octanol–water partition coefficient (Wildman–Crippen LogP) is 5.70. The molecule has 0 aliphatic carbocycles. The molecule has 156 valence electrons. The molecule has 0 amide bonds. The SMILES string of the molecule is Cc1ccc(N=Cc2ccc(OCCOc3cc(C)nn3-c3ccccc3)cc2)cc1. The molecule has 0 aliphatic rings. The Bertz CT molecular complexity index is 1130. The van der Waals surface area contributed by atoms with Crippen LogP contribution in [0.4, 0.5) is 5.69 Å². The molecule has 3 aromatic carbocycles. The monoisotopic (exact) mass is 411 g/mol. The first-order valence-corrected chi connectivity index (χ1v) is 10.3. The lowest BCUT2D eigenvalue weighted by molar-refractivity contribution is 0.208. The lowest BCUT2D eigenvalue weighted by Gasteiger charge is -2.10. The third-order valence-corrected chi connectivity index (χ3v) is 4.68. The molecule has 0 spiro atoms. The molecular formula is C26H25N3O2. The van der Waals surface area contributed by atoms with Crippen LogP contribution in [0.5, 0.6) is 11.6 Å². The lowest BCUT2D eigenvalue weighted by atomic mass is 10.2. The zero-order valence-electron chi connectivity index (χ0n) is 17.7. The van der Waals surface area contributed by atoms with Crippen LogP contribution in [0, 0.1) is 13.8 Å². The number of hydrogen-bond donors (Lipinski definition) is 0. The van der Waals surface area contributed by atoms with E-state index in [4.69, 9.17) is 9.47 Å². The third kappa shape index (κ3) is 5.60. The molecule has 31 heavy (non-hydrogen) atoms. The van der Waals surface area contributed by atoms with Gasteiger partial charge in [-0.2, -0.15) is 5.10 Å². The van der Waals surface area contributed by atoms with Crippen molar-refractivity contribution >= 4 is 11.9 Å². The van der Waals surface area contributed by atoms with E-state index in [9.17, 15) is 0 Å². The van der Waals surface area contributed by atoms with E-state index in [0.29, 0.717) is 19.1 Å². The van der Waals surface area contributed by atoms with Crippen molar-refractivity contribution in [1.29, 1.82) is 0 Å². The van der Waals surface area contributed by atoms with Crippen molar-refractivity contribution in [1.82, 2.24) is 9.78 Å². The Morgan fingerprint density at radius 1 is 0.839 bits per heavy atom. The molecule has 4 aromatic rings. The summed E-state index contributed by atoms with van der Waals surface area (Å²) in [5, 5.41) is 4.51. The van der Waals surface area contributed by atoms with Crippen LogP contribution in [0.15, 0.2) is 89.9 Å². The molecule has 1 heterocycles. The van der Waals surface area contributed by atoms with Gasteiger partial charge in [0, 0.05) is 12.3 Å². The molecule has 0 aliphatic heterocycles.